The summed E-state index contributed by atoms with van der Waals surface area (Å²) in [6.45, 7) is 5.49. The molecular formula is C13H19NO5. The molecular weight excluding hydrogens is 250 g/mol. The summed E-state index contributed by atoms with van der Waals surface area (Å²) in [5.41, 5.74) is -2.27. The molecule has 0 aromatic heterocycles. The third-order valence-electron chi connectivity index (χ3n) is 3.71. The van der Waals surface area contributed by atoms with E-state index >= 15 is 0 Å². The molecule has 1 aliphatic carbocycles. The van der Waals surface area contributed by atoms with Crippen LogP contribution in [0.5, 0.6) is 0 Å². The van der Waals surface area contributed by atoms with Crippen molar-refractivity contribution < 1.29 is 23.9 Å². The second-order valence-corrected chi connectivity index (χ2v) is 6.42. The van der Waals surface area contributed by atoms with E-state index in [1.54, 1.807) is 20.8 Å². The van der Waals surface area contributed by atoms with Crippen LogP contribution >= 0.6 is 0 Å². The van der Waals surface area contributed by atoms with Gasteiger partial charge in [0, 0.05) is 12.0 Å². The van der Waals surface area contributed by atoms with Crippen molar-refractivity contribution in [3.63, 3.8) is 0 Å². The number of methoxy groups -OCH3 is 1. The SMILES string of the molecule is COC(=O)C12CC(C=O)(CN1C(=O)OC(C)(C)C)C2. The van der Waals surface area contributed by atoms with E-state index in [9.17, 15) is 14.4 Å². The van der Waals surface area contributed by atoms with E-state index in [1.807, 2.05) is 0 Å². The molecule has 0 aromatic rings. The van der Waals surface area contributed by atoms with Crippen LogP contribution in [-0.4, -0.2) is 48.0 Å². The minimum Gasteiger partial charge on any atom is -0.467 e. The van der Waals surface area contributed by atoms with Crippen LogP contribution in [0.25, 0.3) is 0 Å². The van der Waals surface area contributed by atoms with E-state index in [4.69, 9.17) is 9.47 Å². The number of carbonyl (C=O) groups excluding carboxylic acids is 3. The number of nitrogens with zero attached hydrogens (tertiary/aromatic N) is 1. The predicted molar refractivity (Wildman–Crippen MR) is 65.4 cm³/mol. The van der Waals surface area contributed by atoms with Gasteiger partial charge in [-0.2, -0.15) is 0 Å². The fourth-order valence-corrected chi connectivity index (χ4v) is 3.00. The summed E-state index contributed by atoms with van der Waals surface area (Å²) in [6, 6.07) is 0. The highest BCUT2D eigenvalue weighted by Gasteiger charge is 2.72. The highest BCUT2D eigenvalue weighted by atomic mass is 16.6. The Morgan fingerprint density at radius 3 is 2.26 bits per heavy atom. The first-order valence-electron chi connectivity index (χ1n) is 6.23. The van der Waals surface area contributed by atoms with Gasteiger partial charge in [-0.05, 0) is 33.6 Å². The lowest BCUT2D eigenvalue weighted by Crippen LogP contribution is -2.58. The molecule has 2 heterocycles. The van der Waals surface area contributed by atoms with Gasteiger partial charge in [0.15, 0.2) is 0 Å². The van der Waals surface area contributed by atoms with Crippen LogP contribution in [0.15, 0.2) is 0 Å². The lowest BCUT2D eigenvalue weighted by atomic mass is 9.63. The van der Waals surface area contributed by atoms with Gasteiger partial charge in [-0.25, -0.2) is 9.59 Å². The van der Waals surface area contributed by atoms with Gasteiger partial charge in [0.25, 0.3) is 0 Å². The van der Waals surface area contributed by atoms with Gasteiger partial charge >= 0.3 is 12.1 Å². The summed E-state index contributed by atoms with van der Waals surface area (Å²) in [6.07, 6.45) is 0.919. The zero-order valence-electron chi connectivity index (χ0n) is 11.7. The van der Waals surface area contributed by atoms with Gasteiger partial charge in [-0.1, -0.05) is 0 Å². The molecule has 3 aliphatic rings. The van der Waals surface area contributed by atoms with E-state index < -0.39 is 28.6 Å². The molecule has 1 amide bonds. The normalized spacial score (nSPS) is 32.5. The maximum absolute atomic E-state index is 12.2. The van der Waals surface area contributed by atoms with Gasteiger partial charge in [0.1, 0.15) is 17.4 Å². The zero-order chi connectivity index (χ0) is 14.5. The molecule has 1 saturated carbocycles. The minimum atomic E-state index is -1.02. The number of hydrogen-bond acceptors (Lipinski definition) is 5. The third-order valence-corrected chi connectivity index (χ3v) is 3.71. The maximum Gasteiger partial charge on any atom is 0.411 e. The van der Waals surface area contributed by atoms with Crippen LogP contribution in [0.2, 0.25) is 0 Å². The van der Waals surface area contributed by atoms with E-state index in [2.05, 4.69) is 0 Å². The average molecular weight is 269 g/mol. The Bertz CT molecular complexity index is 431. The van der Waals surface area contributed by atoms with E-state index in [-0.39, 0.29) is 6.54 Å². The molecule has 0 radical (unpaired) electrons. The van der Waals surface area contributed by atoms with E-state index in [0.717, 1.165) is 6.29 Å². The second kappa shape index (κ2) is 3.95. The Morgan fingerprint density at radius 1 is 1.26 bits per heavy atom. The van der Waals surface area contributed by atoms with E-state index in [1.165, 1.54) is 12.0 Å². The lowest BCUT2D eigenvalue weighted by molar-refractivity contribution is -0.158. The van der Waals surface area contributed by atoms with Crippen molar-refractivity contribution in [3.05, 3.63) is 0 Å². The molecule has 2 saturated heterocycles. The summed E-state index contributed by atoms with van der Waals surface area (Å²) in [4.78, 5) is 36.6. The molecule has 3 rings (SSSR count). The molecule has 6 nitrogen and oxygen atoms in total. The van der Waals surface area contributed by atoms with Crippen LogP contribution in [-0.2, 0) is 19.1 Å². The van der Waals surface area contributed by atoms with E-state index in [0.29, 0.717) is 12.8 Å². The van der Waals surface area contributed by atoms with Gasteiger partial charge < -0.3 is 14.3 Å². The topological polar surface area (TPSA) is 72.9 Å². The summed E-state index contributed by atoms with van der Waals surface area (Å²) < 4.78 is 10.1. The Hall–Kier alpha value is -1.59. The number of amides is 1. The van der Waals surface area contributed by atoms with Crippen LogP contribution in [0.1, 0.15) is 33.6 Å². The van der Waals surface area contributed by atoms with Gasteiger partial charge in [0.05, 0.1) is 7.11 Å². The van der Waals surface area contributed by atoms with Crippen molar-refractivity contribution >= 4 is 18.3 Å². The molecule has 0 atom stereocenters. The number of aldehydes is 1. The number of fused-ring (bicyclic) bond motifs is 1. The number of hydrogen-bond donors (Lipinski definition) is 0. The van der Waals surface area contributed by atoms with Crippen molar-refractivity contribution in [1.29, 1.82) is 0 Å². The average Bonchev–Trinajstić information content (AvgIpc) is 2.76. The van der Waals surface area contributed by atoms with Crippen LogP contribution in [0.3, 0.4) is 0 Å². The number of carbonyl (C=O) groups is 3. The van der Waals surface area contributed by atoms with Crippen molar-refractivity contribution in [2.24, 2.45) is 5.41 Å². The number of ether oxygens (including phenoxy) is 2. The van der Waals surface area contributed by atoms with Crippen LogP contribution < -0.4 is 0 Å². The molecule has 0 N–H and O–H groups in total. The smallest absolute Gasteiger partial charge is 0.411 e. The van der Waals surface area contributed by atoms with Crippen molar-refractivity contribution in [2.45, 2.75) is 44.8 Å². The molecule has 0 aromatic carbocycles. The van der Waals surface area contributed by atoms with Crippen molar-refractivity contribution in [2.75, 3.05) is 13.7 Å². The highest BCUT2D eigenvalue weighted by Crippen LogP contribution is 2.59. The second-order valence-electron chi connectivity index (χ2n) is 6.42. The molecule has 0 unspecified atom stereocenters. The third kappa shape index (κ3) is 1.99. The number of esters is 1. The fraction of sp³-hybridized carbons (Fsp3) is 0.769. The molecule has 106 valence electrons. The minimum absolute atomic E-state index is 0.223. The summed E-state index contributed by atoms with van der Waals surface area (Å²) in [5, 5.41) is 0. The first kappa shape index (κ1) is 13.8. The molecule has 0 spiro atoms. The summed E-state index contributed by atoms with van der Waals surface area (Å²) >= 11 is 0. The fourth-order valence-electron chi connectivity index (χ4n) is 3.00. The first-order chi connectivity index (χ1) is 8.68. The van der Waals surface area contributed by atoms with Gasteiger partial charge in [0.2, 0.25) is 0 Å². The number of rotatable bonds is 2. The predicted octanol–water partition coefficient (Wildman–Crippen LogP) is 1.13. The summed E-state index contributed by atoms with van der Waals surface area (Å²) in [5.74, 6) is -0.478. The molecule has 2 aliphatic heterocycles. The van der Waals surface area contributed by atoms with Crippen LogP contribution in [0.4, 0.5) is 4.79 Å². The van der Waals surface area contributed by atoms with Gasteiger partial charge in [-0.3, -0.25) is 4.90 Å². The largest absolute Gasteiger partial charge is 0.467 e. The summed E-state index contributed by atoms with van der Waals surface area (Å²) in [7, 11) is 1.28. The quantitative estimate of drug-likeness (QED) is 0.555. The molecule has 2 bridgehead atoms. The standard InChI is InChI=1S/C13H19NO5/c1-11(2,3)19-10(17)14-7-12(8-15)5-13(14,6-12)9(16)18-4/h8H,5-7H2,1-4H3. The molecule has 19 heavy (non-hydrogen) atoms. The Labute approximate surface area is 112 Å². The molecule has 6 heteroatoms. The molecule has 3 fully saturated rings. The first-order valence-corrected chi connectivity index (χ1v) is 6.23. The maximum atomic E-state index is 12.2. The van der Waals surface area contributed by atoms with Gasteiger partial charge in [-0.15, -0.1) is 0 Å². The Balaban J connectivity index is 2.22. The van der Waals surface area contributed by atoms with Crippen LogP contribution in [0, 0.1) is 5.41 Å². The van der Waals surface area contributed by atoms with Crippen molar-refractivity contribution in [3.8, 4) is 0 Å². The monoisotopic (exact) mass is 269 g/mol. The Kier molecular flexibility index (Phi) is 2.88. The Morgan fingerprint density at radius 2 is 1.84 bits per heavy atom. The lowest BCUT2D eigenvalue weighted by Gasteiger charge is -2.42. The zero-order valence-corrected chi connectivity index (χ0v) is 11.7. The highest BCUT2D eigenvalue weighted by molar-refractivity contribution is 5.92. The van der Waals surface area contributed by atoms with Crippen molar-refractivity contribution in [1.82, 2.24) is 4.90 Å².